The maximum Gasteiger partial charge on any atom is 0.123 e. The number of rotatable bonds is 2. The molecule has 0 fully saturated rings. The average Bonchev–Trinajstić information content (AvgIpc) is 2.22. The first kappa shape index (κ1) is 9.77. The highest BCUT2D eigenvalue weighted by molar-refractivity contribution is 5.25. The minimum atomic E-state index is -0.220. The molecule has 1 radical (unpaired) electrons. The SMILES string of the molecule is Cc1ncn[c]c1Cc1cccc(F)c1. The molecule has 0 saturated carbocycles. The molecular weight excluding hydrogens is 191 g/mol. The number of hydrogen-bond donors (Lipinski definition) is 0. The van der Waals surface area contributed by atoms with Crippen LogP contribution in [0.4, 0.5) is 4.39 Å². The lowest BCUT2D eigenvalue weighted by Gasteiger charge is -2.03. The topological polar surface area (TPSA) is 25.8 Å². The van der Waals surface area contributed by atoms with Gasteiger partial charge in [-0.25, -0.2) is 14.4 Å². The normalized spacial score (nSPS) is 10.3. The van der Waals surface area contributed by atoms with E-state index in [-0.39, 0.29) is 5.82 Å². The molecule has 1 heterocycles. The fourth-order valence-electron chi connectivity index (χ4n) is 1.40. The Morgan fingerprint density at radius 3 is 3.00 bits per heavy atom. The summed E-state index contributed by atoms with van der Waals surface area (Å²) in [7, 11) is 0. The van der Waals surface area contributed by atoms with Gasteiger partial charge in [0, 0.05) is 17.7 Å². The summed E-state index contributed by atoms with van der Waals surface area (Å²) < 4.78 is 12.9. The van der Waals surface area contributed by atoms with Crippen molar-refractivity contribution in [1.29, 1.82) is 0 Å². The second-order valence-corrected chi connectivity index (χ2v) is 3.36. The summed E-state index contributed by atoms with van der Waals surface area (Å²) in [5.41, 5.74) is 2.70. The van der Waals surface area contributed by atoms with Crippen LogP contribution in [0.25, 0.3) is 0 Å². The van der Waals surface area contributed by atoms with E-state index in [1.807, 2.05) is 13.0 Å². The smallest absolute Gasteiger partial charge is 0.123 e. The molecule has 0 saturated heterocycles. The predicted molar refractivity (Wildman–Crippen MR) is 54.8 cm³/mol. The maximum atomic E-state index is 12.9. The molecule has 15 heavy (non-hydrogen) atoms. The highest BCUT2D eigenvalue weighted by Gasteiger charge is 2.02. The van der Waals surface area contributed by atoms with E-state index in [2.05, 4.69) is 16.2 Å². The molecule has 75 valence electrons. The van der Waals surface area contributed by atoms with Crippen LogP contribution in [0.5, 0.6) is 0 Å². The summed E-state index contributed by atoms with van der Waals surface area (Å²) in [5, 5.41) is 0. The number of halogens is 1. The molecule has 0 spiro atoms. The standard InChI is InChI=1S/C12H10FN2/c1-9-11(7-14-8-15-9)5-10-3-2-4-12(13)6-10/h2-4,6,8H,5H2,1H3. The Balaban J connectivity index is 2.26. The zero-order chi connectivity index (χ0) is 10.7. The molecule has 0 amide bonds. The largest absolute Gasteiger partial charge is 0.241 e. The molecule has 0 aliphatic rings. The minimum Gasteiger partial charge on any atom is -0.241 e. The molecule has 0 bridgehead atoms. The Morgan fingerprint density at radius 1 is 1.40 bits per heavy atom. The first-order valence-corrected chi connectivity index (χ1v) is 4.68. The third-order valence-corrected chi connectivity index (χ3v) is 2.22. The Kier molecular flexibility index (Phi) is 2.72. The van der Waals surface area contributed by atoms with Crippen LogP contribution in [-0.4, -0.2) is 9.97 Å². The molecule has 0 atom stereocenters. The van der Waals surface area contributed by atoms with E-state index in [0.29, 0.717) is 6.42 Å². The lowest BCUT2D eigenvalue weighted by Crippen LogP contribution is -1.96. The molecule has 2 aromatic rings. The van der Waals surface area contributed by atoms with E-state index < -0.39 is 0 Å². The van der Waals surface area contributed by atoms with Crippen LogP contribution >= 0.6 is 0 Å². The van der Waals surface area contributed by atoms with Crippen molar-refractivity contribution in [2.24, 2.45) is 0 Å². The second kappa shape index (κ2) is 4.17. The maximum absolute atomic E-state index is 12.9. The number of aromatic nitrogens is 2. The van der Waals surface area contributed by atoms with E-state index >= 15 is 0 Å². The van der Waals surface area contributed by atoms with Crippen LogP contribution in [0.1, 0.15) is 16.8 Å². The van der Waals surface area contributed by atoms with Crippen molar-refractivity contribution < 1.29 is 4.39 Å². The van der Waals surface area contributed by atoms with Crippen molar-refractivity contribution in [3.8, 4) is 0 Å². The lowest BCUT2D eigenvalue weighted by atomic mass is 10.1. The highest BCUT2D eigenvalue weighted by atomic mass is 19.1. The molecule has 0 aliphatic carbocycles. The number of benzene rings is 1. The van der Waals surface area contributed by atoms with Crippen LogP contribution in [0.2, 0.25) is 0 Å². The van der Waals surface area contributed by atoms with Crippen molar-refractivity contribution in [2.75, 3.05) is 0 Å². The zero-order valence-electron chi connectivity index (χ0n) is 8.37. The van der Waals surface area contributed by atoms with Gasteiger partial charge >= 0.3 is 0 Å². The summed E-state index contributed by atoms with van der Waals surface area (Å²) in [6, 6.07) is 6.52. The Bertz CT molecular complexity index is 469. The Labute approximate surface area is 87.8 Å². The number of aryl methyl sites for hydroxylation is 1. The summed E-state index contributed by atoms with van der Waals surface area (Å²) in [6.07, 6.45) is 4.95. The van der Waals surface area contributed by atoms with E-state index in [4.69, 9.17) is 0 Å². The number of nitrogens with zero attached hydrogens (tertiary/aromatic N) is 2. The summed E-state index contributed by atoms with van der Waals surface area (Å²) in [5.74, 6) is -0.220. The molecule has 1 aromatic carbocycles. The van der Waals surface area contributed by atoms with Gasteiger partial charge in [0.2, 0.25) is 0 Å². The van der Waals surface area contributed by atoms with E-state index in [9.17, 15) is 4.39 Å². The van der Waals surface area contributed by atoms with Gasteiger partial charge in [-0.15, -0.1) is 0 Å². The van der Waals surface area contributed by atoms with Gasteiger partial charge < -0.3 is 0 Å². The molecular formula is C12H10FN2. The highest BCUT2D eigenvalue weighted by Crippen LogP contribution is 2.11. The van der Waals surface area contributed by atoms with E-state index in [1.54, 1.807) is 6.07 Å². The van der Waals surface area contributed by atoms with Crippen LogP contribution in [0.3, 0.4) is 0 Å². The van der Waals surface area contributed by atoms with Gasteiger partial charge in [0.05, 0.1) is 6.20 Å². The van der Waals surface area contributed by atoms with Gasteiger partial charge in [0.1, 0.15) is 12.1 Å². The molecule has 2 nitrogen and oxygen atoms in total. The second-order valence-electron chi connectivity index (χ2n) is 3.36. The summed E-state index contributed by atoms with van der Waals surface area (Å²) >= 11 is 0. The third-order valence-electron chi connectivity index (χ3n) is 2.22. The molecule has 2 rings (SSSR count). The molecule has 1 aromatic heterocycles. The Morgan fingerprint density at radius 2 is 2.27 bits per heavy atom. The van der Waals surface area contributed by atoms with Gasteiger partial charge in [-0.3, -0.25) is 0 Å². The zero-order valence-corrected chi connectivity index (χ0v) is 8.37. The fourth-order valence-corrected chi connectivity index (χ4v) is 1.40. The van der Waals surface area contributed by atoms with Crippen molar-refractivity contribution in [3.63, 3.8) is 0 Å². The number of hydrogen-bond acceptors (Lipinski definition) is 2. The molecule has 3 heteroatoms. The molecule has 0 unspecified atom stereocenters. The third kappa shape index (κ3) is 2.37. The summed E-state index contributed by atoms with van der Waals surface area (Å²) in [6.45, 7) is 1.90. The van der Waals surface area contributed by atoms with Crippen molar-refractivity contribution >= 4 is 0 Å². The fraction of sp³-hybridized carbons (Fsp3) is 0.167. The van der Waals surface area contributed by atoms with Crippen LogP contribution in [-0.2, 0) is 6.42 Å². The Hall–Kier alpha value is -1.77. The molecule has 0 aliphatic heterocycles. The molecule has 0 N–H and O–H groups in total. The van der Waals surface area contributed by atoms with Gasteiger partial charge in [0.15, 0.2) is 0 Å². The summed E-state index contributed by atoms with van der Waals surface area (Å²) in [4.78, 5) is 7.90. The lowest BCUT2D eigenvalue weighted by molar-refractivity contribution is 0.626. The van der Waals surface area contributed by atoms with Gasteiger partial charge in [-0.1, -0.05) is 12.1 Å². The minimum absolute atomic E-state index is 0.220. The van der Waals surface area contributed by atoms with Gasteiger partial charge in [-0.05, 0) is 24.6 Å². The van der Waals surface area contributed by atoms with Crippen molar-refractivity contribution in [2.45, 2.75) is 13.3 Å². The van der Waals surface area contributed by atoms with E-state index in [0.717, 1.165) is 16.8 Å². The monoisotopic (exact) mass is 201 g/mol. The first-order valence-electron chi connectivity index (χ1n) is 4.68. The quantitative estimate of drug-likeness (QED) is 0.745. The van der Waals surface area contributed by atoms with Crippen LogP contribution in [0, 0.1) is 18.9 Å². The van der Waals surface area contributed by atoms with Crippen LogP contribution < -0.4 is 0 Å². The van der Waals surface area contributed by atoms with Crippen molar-refractivity contribution in [1.82, 2.24) is 9.97 Å². The van der Waals surface area contributed by atoms with E-state index in [1.165, 1.54) is 18.5 Å². The van der Waals surface area contributed by atoms with Gasteiger partial charge in [0.25, 0.3) is 0 Å². The first-order chi connectivity index (χ1) is 7.25. The van der Waals surface area contributed by atoms with Gasteiger partial charge in [-0.2, -0.15) is 0 Å². The van der Waals surface area contributed by atoms with Crippen molar-refractivity contribution in [3.05, 3.63) is 59.4 Å². The van der Waals surface area contributed by atoms with Crippen LogP contribution in [0.15, 0.2) is 30.6 Å². The average molecular weight is 201 g/mol. The predicted octanol–water partition coefficient (Wildman–Crippen LogP) is 2.32.